The number of nitrogens with zero attached hydrogens (tertiary/aromatic N) is 3. The molecular weight excluding hydrogens is 334 g/mol. The van der Waals surface area contributed by atoms with Crippen molar-refractivity contribution in [2.24, 2.45) is 0 Å². The number of oxazole rings is 1. The SMILES string of the molecule is Clc1cccc(N2CCN(Cc3ncc(-c4ccccc4)o3)CC2)c1. The lowest BCUT2D eigenvalue weighted by Crippen LogP contribution is -2.46. The molecule has 3 aromatic rings. The molecule has 128 valence electrons. The van der Waals surface area contributed by atoms with Crippen LogP contribution in [0.4, 0.5) is 5.69 Å². The van der Waals surface area contributed by atoms with Gasteiger partial charge in [-0.25, -0.2) is 4.98 Å². The molecule has 2 heterocycles. The number of rotatable bonds is 4. The van der Waals surface area contributed by atoms with Crippen LogP contribution in [0.3, 0.4) is 0 Å². The van der Waals surface area contributed by atoms with Gasteiger partial charge in [-0.15, -0.1) is 0 Å². The monoisotopic (exact) mass is 353 g/mol. The van der Waals surface area contributed by atoms with E-state index in [4.69, 9.17) is 16.0 Å². The van der Waals surface area contributed by atoms with Gasteiger partial charge in [0.2, 0.25) is 5.89 Å². The highest BCUT2D eigenvalue weighted by atomic mass is 35.5. The maximum Gasteiger partial charge on any atom is 0.209 e. The fraction of sp³-hybridized carbons (Fsp3) is 0.250. The average molecular weight is 354 g/mol. The fourth-order valence-electron chi connectivity index (χ4n) is 3.15. The second-order valence-electron chi connectivity index (χ2n) is 6.23. The Morgan fingerprint density at radius 3 is 2.52 bits per heavy atom. The first kappa shape index (κ1) is 16.2. The molecule has 0 spiro atoms. The topological polar surface area (TPSA) is 32.5 Å². The third kappa shape index (κ3) is 3.86. The van der Waals surface area contributed by atoms with E-state index in [0.29, 0.717) is 0 Å². The number of anilines is 1. The van der Waals surface area contributed by atoms with E-state index in [1.54, 1.807) is 0 Å². The van der Waals surface area contributed by atoms with E-state index in [1.807, 2.05) is 54.7 Å². The minimum atomic E-state index is 0.746. The van der Waals surface area contributed by atoms with Gasteiger partial charge < -0.3 is 9.32 Å². The molecular formula is C20H20ClN3O. The molecule has 2 aromatic carbocycles. The summed E-state index contributed by atoms with van der Waals surface area (Å²) in [5.41, 5.74) is 2.25. The Labute approximate surface area is 152 Å². The molecule has 25 heavy (non-hydrogen) atoms. The molecule has 5 heteroatoms. The maximum absolute atomic E-state index is 6.10. The van der Waals surface area contributed by atoms with Crippen molar-refractivity contribution in [2.75, 3.05) is 31.1 Å². The van der Waals surface area contributed by atoms with Crippen LogP contribution >= 0.6 is 11.6 Å². The molecule has 0 aliphatic carbocycles. The van der Waals surface area contributed by atoms with Gasteiger partial charge in [-0.05, 0) is 18.2 Å². The number of benzene rings is 2. The lowest BCUT2D eigenvalue weighted by molar-refractivity contribution is 0.227. The van der Waals surface area contributed by atoms with Gasteiger partial charge in [-0.1, -0.05) is 48.0 Å². The molecule has 0 N–H and O–H groups in total. The van der Waals surface area contributed by atoms with Crippen LogP contribution in [0.5, 0.6) is 0 Å². The Balaban J connectivity index is 1.35. The van der Waals surface area contributed by atoms with Crippen LogP contribution in [0.25, 0.3) is 11.3 Å². The van der Waals surface area contributed by atoms with Crippen molar-refractivity contribution in [3.8, 4) is 11.3 Å². The highest BCUT2D eigenvalue weighted by Crippen LogP contribution is 2.23. The van der Waals surface area contributed by atoms with E-state index in [9.17, 15) is 0 Å². The summed E-state index contributed by atoms with van der Waals surface area (Å²) in [6.45, 7) is 4.67. The van der Waals surface area contributed by atoms with E-state index in [-0.39, 0.29) is 0 Å². The largest absolute Gasteiger partial charge is 0.439 e. The van der Waals surface area contributed by atoms with Gasteiger partial charge >= 0.3 is 0 Å². The zero-order valence-electron chi connectivity index (χ0n) is 13.9. The molecule has 4 nitrogen and oxygen atoms in total. The third-order valence-electron chi connectivity index (χ3n) is 4.52. The van der Waals surface area contributed by atoms with Crippen LogP contribution < -0.4 is 4.90 Å². The van der Waals surface area contributed by atoms with Crippen LogP contribution in [-0.2, 0) is 6.54 Å². The molecule has 0 atom stereocenters. The second kappa shape index (κ2) is 7.30. The number of piperazine rings is 1. The van der Waals surface area contributed by atoms with Gasteiger partial charge in [0.15, 0.2) is 5.76 Å². The Morgan fingerprint density at radius 1 is 0.960 bits per heavy atom. The fourth-order valence-corrected chi connectivity index (χ4v) is 3.33. The molecule has 1 aliphatic heterocycles. The van der Waals surface area contributed by atoms with Crippen molar-refractivity contribution in [3.05, 3.63) is 71.7 Å². The minimum Gasteiger partial charge on any atom is -0.439 e. The zero-order chi connectivity index (χ0) is 17.1. The molecule has 1 aromatic heterocycles. The van der Waals surface area contributed by atoms with Crippen LogP contribution in [0.1, 0.15) is 5.89 Å². The molecule has 0 amide bonds. The van der Waals surface area contributed by atoms with Gasteiger partial charge in [-0.2, -0.15) is 0 Å². The molecule has 1 fully saturated rings. The Bertz CT molecular complexity index is 826. The summed E-state index contributed by atoms with van der Waals surface area (Å²) in [6.07, 6.45) is 1.81. The molecule has 0 radical (unpaired) electrons. The van der Waals surface area contributed by atoms with E-state index < -0.39 is 0 Å². The molecule has 1 aliphatic rings. The van der Waals surface area contributed by atoms with E-state index >= 15 is 0 Å². The number of halogens is 1. The lowest BCUT2D eigenvalue weighted by Gasteiger charge is -2.35. The molecule has 0 bridgehead atoms. The predicted octanol–water partition coefficient (Wildman–Crippen LogP) is 4.32. The summed E-state index contributed by atoms with van der Waals surface area (Å²) in [5.74, 6) is 1.60. The van der Waals surface area contributed by atoms with Crippen molar-refractivity contribution in [2.45, 2.75) is 6.54 Å². The van der Waals surface area contributed by atoms with Crippen molar-refractivity contribution in [3.63, 3.8) is 0 Å². The van der Waals surface area contributed by atoms with Crippen LogP contribution in [0.2, 0.25) is 5.02 Å². The average Bonchev–Trinajstić information content (AvgIpc) is 3.12. The quantitative estimate of drug-likeness (QED) is 0.699. The van der Waals surface area contributed by atoms with E-state index in [0.717, 1.165) is 55.0 Å². The van der Waals surface area contributed by atoms with E-state index in [2.05, 4.69) is 20.9 Å². The minimum absolute atomic E-state index is 0.746. The highest BCUT2D eigenvalue weighted by Gasteiger charge is 2.19. The van der Waals surface area contributed by atoms with Gasteiger partial charge in [0.1, 0.15) is 0 Å². The number of aromatic nitrogens is 1. The zero-order valence-corrected chi connectivity index (χ0v) is 14.7. The molecule has 0 unspecified atom stereocenters. The second-order valence-corrected chi connectivity index (χ2v) is 6.66. The Kier molecular flexibility index (Phi) is 4.72. The van der Waals surface area contributed by atoms with Crippen molar-refractivity contribution < 1.29 is 4.42 Å². The van der Waals surface area contributed by atoms with Gasteiger partial charge in [-0.3, -0.25) is 4.90 Å². The van der Waals surface area contributed by atoms with E-state index in [1.165, 1.54) is 5.69 Å². The summed E-state index contributed by atoms with van der Waals surface area (Å²) < 4.78 is 5.92. The number of hydrogen-bond donors (Lipinski definition) is 0. The first-order chi connectivity index (χ1) is 12.3. The maximum atomic E-state index is 6.10. The summed E-state index contributed by atoms with van der Waals surface area (Å²) in [4.78, 5) is 9.18. The first-order valence-electron chi connectivity index (χ1n) is 8.51. The smallest absolute Gasteiger partial charge is 0.209 e. The van der Waals surface area contributed by atoms with Gasteiger partial charge in [0, 0.05) is 42.5 Å². The van der Waals surface area contributed by atoms with Crippen LogP contribution in [0.15, 0.2) is 65.2 Å². The summed E-state index contributed by atoms with van der Waals surface area (Å²) in [5, 5.41) is 0.785. The third-order valence-corrected chi connectivity index (χ3v) is 4.75. The summed E-state index contributed by atoms with van der Waals surface area (Å²) >= 11 is 6.10. The normalized spacial score (nSPS) is 15.5. The molecule has 0 saturated carbocycles. The van der Waals surface area contributed by atoms with Crippen molar-refractivity contribution in [1.82, 2.24) is 9.88 Å². The van der Waals surface area contributed by atoms with Crippen molar-refractivity contribution >= 4 is 17.3 Å². The predicted molar refractivity (Wildman–Crippen MR) is 101 cm³/mol. The Morgan fingerprint density at radius 2 is 1.76 bits per heavy atom. The highest BCUT2D eigenvalue weighted by molar-refractivity contribution is 6.30. The molecule has 1 saturated heterocycles. The molecule has 4 rings (SSSR count). The summed E-state index contributed by atoms with van der Waals surface area (Å²) in [6, 6.07) is 18.1. The van der Waals surface area contributed by atoms with Crippen LogP contribution in [-0.4, -0.2) is 36.1 Å². The van der Waals surface area contributed by atoms with Gasteiger partial charge in [0.25, 0.3) is 0 Å². The number of hydrogen-bond acceptors (Lipinski definition) is 4. The van der Waals surface area contributed by atoms with Crippen LogP contribution in [0, 0.1) is 0 Å². The standard InChI is InChI=1S/C20H20ClN3O/c21-17-7-4-8-18(13-17)24-11-9-23(10-12-24)15-20-22-14-19(25-20)16-5-2-1-3-6-16/h1-8,13-14H,9-12,15H2. The summed E-state index contributed by atoms with van der Waals surface area (Å²) in [7, 11) is 0. The van der Waals surface area contributed by atoms with Gasteiger partial charge in [0.05, 0.1) is 12.7 Å². The Hall–Kier alpha value is -2.30. The lowest BCUT2D eigenvalue weighted by atomic mass is 10.2. The van der Waals surface area contributed by atoms with Crippen molar-refractivity contribution in [1.29, 1.82) is 0 Å². The first-order valence-corrected chi connectivity index (χ1v) is 8.89.